The normalized spacial score (nSPS) is 15.2. The maximum absolute atomic E-state index is 12.5. The molecule has 36 heavy (non-hydrogen) atoms. The average molecular weight is 654 g/mol. The summed E-state index contributed by atoms with van der Waals surface area (Å²) in [7, 11) is 1.51. The molecular formula is C25H18Cl2IN3O4S. The first-order valence-electron chi connectivity index (χ1n) is 10.4. The molecule has 0 saturated carbocycles. The Hall–Kier alpha value is -2.73. The van der Waals surface area contributed by atoms with Gasteiger partial charge in [-0.25, -0.2) is 4.99 Å². The minimum atomic E-state index is -0.295. The minimum absolute atomic E-state index is 0.189. The number of hydrogen-bond donors (Lipinski definition) is 2. The zero-order chi connectivity index (χ0) is 25.7. The van der Waals surface area contributed by atoms with Gasteiger partial charge in [0.15, 0.2) is 23.3 Å². The van der Waals surface area contributed by atoms with Crippen molar-refractivity contribution in [2.24, 2.45) is 4.99 Å². The number of nitrogens with one attached hydrogen (secondary N) is 2. The lowest BCUT2D eigenvalue weighted by atomic mass is 10.2. The predicted octanol–water partition coefficient (Wildman–Crippen LogP) is 6.52. The number of aliphatic imine (C=N–C) groups is 1. The molecule has 3 aromatic carbocycles. The van der Waals surface area contributed by atoms with Crippen molar-refractivity contribution in [1.82, 2.24) is 5.32 Å². The van der Waals surface area contributed by atoms with Crippen LogP contribution in [0.25, 0.3) is 6.08 Å². The van der Waals surface area contributed by atoms with Gasteiger partial charge in [-0.15, -0.1) is 0 Å². The van der Waals surface area contributed by atoms with Gasteiger partial charge in [-0.3, -0.25) is 9.59 Å². The maximum Gasteiger partial charge on any atom is 0.264 e. The summed E-state index contributed by atoms with van der Waals surface area (Å²) in [5, 5.41) is 6.58. The summed E-state index contributed by atoms with van der Waals surface area (Å²) in [6.07, 6.45) is 1.72. The molecule has 0 unspecified atom stereocenters. The van der Waals surface area contributed by atoms with Crippen LogP contribution in [-0.4, -0.2) is 30.7 Å². The number of halogens is 3. The predicted molar refractivity (Wildman–Crippen MR) is 154 cm³/mol. The summed E-state index contributed by atoms with van der Waals surface area (Å²) in [4.78, 5) is 29.6. The lowest BCUT2D eigenvalue weighted by molar-refractivity contribution is -0.118. The number of ether oxygens (including phenoxy) is 2. The van der Waals surface area contributed by atoms with Crippen LogP contribution < -0.4 is 20.1 Å². The number of amides is 2. The van der Waals surface area contributed by atoms with Crippen molar-refractivity contribution in [2.45, 2.75) is 0 Å². The Morgan fingerprint density at radius 2 is 1.94 bits per heavy atom. The third-order valence-electron chi connectivity index (χ3n) is 4.76. The van der Waals surface area contributed by atoms with E-state index in [0.29, 0.717) is 46.6 Å². The topological polar surface area (TPSA) is 89.0 Å². The summed E-state index contributed by atoms with van der Waals surface area (Å²) in [5.74, 6) is 0.286. The van der Waals surface area contributed by atoms with Crippen LogP contribution >= 0.6 is 57.6 Å². The molecule has 184 valence electrons. The van der Waals surface area contributed by atoms with Gasteiger partial charge in [0.25, 0.3) is 11.8 Å². The second-order valence-corrected chi connectivity index (χ2v) is 10.3. The van der Waals surface area contributed by atoms with E-state index in [2.05, 4.69) is 38.2 Å². The molecule has 3 aromatic rings. The van der Waals surface area contributed by atoms with Crippen molar-refractivity contribution in [2.75, 3.05) is 19.0 Å². The molecule has 0 radical (unpaired) electrons. The SMILES string of the molecule is COc1cc(/C=C2/SC(=Nc3cccc(Cl)c3Cl)NC2=O)cc(I)c1OCC(=O)Nc1ccccc1. The molecule has 0 bridgehead atoms. The lowest BCUT2D eigenvalue weighted by Gasteiger charge is -2.14. The monoisotopic (exact) mass is 653 g/mol. The number of anilines is 1. The van der Waals surface area contributed by atoms with E-state index < -0.39 is 0 Å². The summed E-state index contributed by atoms with van der Waals surface area (Å²) >= 11 is 15.5. The Balaban J connectivity index is 1.49. The lowest BCUT2D eigenvalue weighted by Crippen LogP contribution is -2.20. The summed E-state index contributed by atoms with van der Waals surface area (Å²) in [6, 6.07) is 17.8. The summed E-state index contributed by atoms with van der Waals surface area (Å²) in [6.45, 7) is -0.189. The smallest absolute Gasteiger partial charge is 0.264 e. The highest BCUT2D eigenvalue weighted by atomic mass is 127. The number of para-hydroxylation sites is 1. The van der Waals surface area contributed by atoms with Crippen LogP contribution in [0.1, 0.15) is 5.56 Å². The van der Waals surface area contributed by atoms with Crippen LogP contribution in [0, 0.1) is 3.57 Å². The summed E-state index contributed by atoms with van der Waals surface area (Å²) < 4.78 is 12.0. The van der Waals surface area contributed by atoms with E-state index in [9.17, 15) is 9.59 Å². The van der Waals surface area contributed by atoms with Crippen LogP contribution in [0.5, 0.6) is 11.5 Å². The molecule has 11 heteroatoms. The third kappa shape index (κ3) is 6.52. The first-order valence-corrected chi connectivity index (χ1v) is 13.1. The van der Waals surface area contributed by atoms with Crippen molar-refractivity contribution in [3.8, 4) is 11.5 Å². The van der Waals surface area contributed by atoms with Crippen LogP contribution in [0.4, 0.5) is 11.4 Å². The number of nitrogens with zero attached hydrogens (tertiary/aromatic N) is 1. The van der Waals surface area contributed by atoms with Crippen molar-refractivity contribution in [1.29, 1.82) is 0 Å². The molecule has 7 nitrogen and oxygen atoms in total. The van der Waals surface area contributed by atoms with E-state index in [-0.39, 0.29) is 18.4 Å². The zero-order valence-corrected chi connectivity index (χ0v) is 23.2. The van der Waals surface area contributed by atoms with E-state index >= 15 is 0 Å². The second-order valence-electron chi connectivity index (χ2n) is 7.29. The van der Waals surface area contributed by atoms with Crippen LogP contribution in [0.15, 0.2) is 70.6 Å². The van der Waals surface area contributed by atoms with Gasteiger partial charge >= 0.3 is 0 Å². The van der Waals surface area contributed by atoms with Crippen LogP contribution in [-0.2, 0) is 9.59 Å². The van der Waals surface area contributed by atoms with Crippen molar-refractivity contribution >= 4 is 92.0 Å². The number of thioether (sulfide) groups is 1. The van der Waals surface area contributed by atoms with Gasteiger partial charge in [0.05, 0.1) is 31.3 Å². The molecule has 2 amide bonds. The van der Waals surface area contributed by atoms with Gasteiger partial charge < -0.3 is 20.1 Å². The van der Waals surface area contributed by atoms with Gasteiger partial charge in [-0.2, -0.15) is 0 Å². The van der Waals surface area contributed by atoms with Gasteiger partial charge in [-0.1, -0.05) is 47.5 Å². The maximum atomic E-state index is 12.5. The fourth-order valence-electron chi connectivity index (χ4n) is 3.14. The third-order valence-corrected chi connectivity index (χ3v) is 7.28. The van der Waals surface area contributed by atoms with Gasteiger partial charge in [0, 0.05) is 5.69 Å². The molecule has 0 aromatic heterocycles. The van der Waals surface area contributed by atoms with Gasteiger partial charge in [0.1, 0.15) is 0 Å². The first kappa shape index (κ1) is 26.3. The van der Waals surface area contributed by atoms with Crippen molar-refractivity contribution < 1.29 is 19.1 Å². The number of amidine groups is 1. The molecule has 1 heterocycles. The molecule has 1 aliphatic heterocycles. The van der Waals surface area contributed by atoms with E-state index in [1.54, 1.807) is 42.5 Å². The highest BCUT2D eigenvalue weighted by molar-refractivity contribution is 14.1. The second kappa shape index (κ2) is 12.0. The number of hydrogen-bond acceptors (Lipinski definition) is 6. The Bertz CT molecular complexity index is 1380. The molecule has 0 atom stereocenters. The summed E-state index contributed by atoms with van der Waals surface area (Å²) in [5.41, 5.74) is 1.86. The number of benzene rings is 3. The first-order chi connectivity index (χ1) is 17.3. The number of methoxy groups -OCH3 is 1. The largest absolute Gasteiger partial charge is 0.493 e. The highest BCUT2D eigenvalue weighted by Gasteiger charge is 2.25. The highest BCUT2D eigenvalue weighted by Crippen LogP contribution is 2.37. The average Bonchev–Trinajstić information content (AvgIpc) is 3.20. The quantitative estimate of drug-likeness (QED) is 0.224. The molecular weight excluding hydrogens is 636 g/mol. The van der Waals surface area contributed by atoms with E-state index in [1.165, 1.54) is 18.9 Å². The molecule has 0 aliphatic carbocycles. The zero-order valence-electron chi connectivity index (χ0n) is 18.7. The van der Waals surface area contributed by atoms with Gasteiger partial charge in [0.2, 0.25) is 0 Å². The van der Waals surface area contributed by atoms with Gasteiger partial charge in [-0.05, 0) is 82.4 Å². The molecule has 1 saturated heterocycles. The standard InChI is InChI=1S/C25H18Cl2IN3O4S/c1-34-19-11-14(10-17(28)23(19)35-13-21(32)29-15-6-3-2-4-7-15)12-20-24(33)31-25(36-20)30-18-9-5-8-16(26)22(18)27/h2-12H,13H2,1H3,(H,29,32)(H,30,31,33)/b20-12+. The Morgan fingerprint density at radius 3 is 2.69 bits per heavy atom. The number of rotatable bonds is 7. The fourth-order valence-corrected chi connectivity index (χ4v) is 5.09. The van der Waals surface area contributed by atoms with E-state index in [4.69, 9.17) is 32.7 Å². The molecule has 1 aliphatic rings. The van der Waals surface area contributed by atoms with Crippen molar-refractivity contribution in [3.05, 3.63) is 84.7 Å². The van der Waals surface area contributed by atoms with Crippen LogP contribution in [0.2, 0.25) is 10.0 Å². The number of carbonyl (C=O) groups is 2. The van der Waals surface area contributed by atoms with E-state index in [1.807, 2.05) is 24.3 Å². The molecule has 0 spiro atoms. The fraction of sp³-hybridized carbons (Fsp3) is 0.0800. The Kier molecular flexibility index (Phi) is 8.78. The molecule has 2 N–H and O–H groups in total. The van der Waals surface area contributed by atoms with Crippen molar-refractivity contribution in [3.63, 3.8) is 0 Å². The molecule has 1 fully saturated rings. The Labute approximate surface area is 235 Å². The molecule has 4 rings (SSSR count). The number of carbonyl (C=O) groups excluding carboxylic acids is 2. The van der Waals surface area contributed by atoms with Crippen LogP contribution in [0.3, 0.4) is 0 Å². The Morgan fingerprint density at radius 1 is 1.17 bits per heavy atom. The minimum Gasteiger partial charge on any atom is -0.493 e. The van der Waals surface area contributed by atoms with E-state index in [0.717, 1.165) is 5.56 Å².